The Morgan fingerprint density at radius 1 is 1.19 bits per heavy atom. The largest absolute Gasteiger partial charge is 0.497 e. The average Bonchev–Trinajstić information content (AvgIpc) is 3.37. The Morgan fingerprint density at radius 3 is 2.65 bits per heavy atom. The van der Waals surface area contributed by atoms with Crippen molar-refractivity contribution in [3.63, 3.8) is 0 Å². The normalized spacial score (nSPS) is 10.8. The predicted octanol–water partition coefficient (Wildman–Crippen LogP) is 2.47. The zero-order valence-corrected chi connectivity index (χ0v) is 18.1. The Balaban J connectivity index is 1.63. The Labute approximate surface area is 185 Å². The number of H-pyrrole nitrogens is 1. The van der Waals surface area contributed by atoms with Crippen molar-refractivity contribution in [2.24, 2.45) is 7.05 Å². The first-order valence-electron chi connectivity index (χ1n) is 8.86. The number of aryl methyl sites for hydroxylation is 1. The zero-order chi connectivity index (χ0) is 21.8. The van der Waals surface area contributed by atoms with Crippen molar-refractivity contribution in [2.45, 2.75) is 20.1 Å². The number of rotatable bonds is 7. The number of nitrogens with two attached hydrogens (primary N) is 1. The predicted molar refractivity (Wildman–Crippen MR) is 115 cm³/mol. The Morgan fingerprint density at radius 2 is 2.00 bits per heavy atom. The molecule has 158 valence electrons. The summed E-state index contributed by atoms with van der Waals surface area (Å²) in [7, 11) is 3.37. The number of benzene rings is 1. The molecule has 0 fully saturated rings. The van der Waals surface area contributed by atoms with Crippen LogP contribution in [0.15, 0.2) is 62.8 Å². The van der Waals surface area contributed by atoms with E-state index < -0.39 is 5.91 Å². The fourth-order valence-electron chi connectivity index (χ4n) is 2.44. The third-order valence-corrected chi connectivity index (χ3v) is 5.61. The highest BCUT2D eigenvalue weighted by Crippen LogP contribution is 2.32. The average molecular weight is 456 g/mol. The highest BCUT2D eigenvalue weighted by atomic mass is 32.2. The van der Waals surface area contributed by atoms with Gasteiger partial charge < -0.3 is 15.8 Å². The maximum absolute atomic E-state index is 13.0. The topological polar surface area (TPSA) is 150 Å². The second kappa shape index (κ2) is 9.06. The third-order valence-electron chi connectivity index (χ3n) is 3.84. The maximum Gasteiger partial charge on any atom is 0.278 e. The minimum atomic E-state index is -0.431. The molecule has 0 saturated heterocycles. The molecule has 4 aromatic rings. The summed E-state index contributed by atoms with van der Waals surface area (Å²) in [4.78, 5) is 26.8. The number of hydrogen-bond donors (Lipinski definition) is 3. The van der Waals surface area contributed by atoms with Gasteiger partial charge in [-0.25, -0.2) is 15.1 Å². The number of carbonyl (C=O) groups excluding carboxylic acids is 1. The van der Waals surface area contributed by atoms with Gasteiger partial charge in [0, 0.05) is 24.2 Å². The molecule has 3 aromatic heterocycles. The van der Waals surface area contributed by atoms with E-state index in [1.807, 2.05) is 24.3 Å². The van der Waals surface area contributed by atoms with Crippen LogP contribution in [0.3, 0.4) is 0 Å². The van der Waals surface area contributed by atoms with Crippen LogP contribution in [0.5, 0.6) is 5.75 Å². The lowest BCUT2D eigenvalue weighted by Gasteiger charge is -2.09. The molecule has 0 aliphatic rings. The van der Waals surface area contributed by atoms with Crippen molar-refractivity contribution in [3.8, 4) is 5.75 Å². The van der Waals surface area contributed by atoms with Gasteiger partial charge in [0.05, 0.1) is 13.3 Å². The van der Waals surface area contributed by atoms with E-state index in [2.05, 4.69) is 35.6 Å². The number of aromatic amines is 1. The van der Waals surface area contributed by atoms with E-state index in [1.165, 1.54) is 11.8 Å². The summed E-state index contributed by atoms with van der Waals surface area (Å²) in [6, 6.07) is 9.12. The van der Waals surface area contributed by atoms with Gasteiger partial charge >= 0.3 is 0 Å². The van der Waals surface area contributed by atoms with Crippen LogP contribution in [0.25, 0.3) is 0 Å². The number of nitrogens with one attached hydrogen (secondary N) is 2. The van der Waals surface area contributed by atoms with Gasteiger partial charge in [-0.05, 0) is 36.0 Å². The molecule has 0 atom stereocenters. The number of anilines is 2. The molecule has 0 aliphatic carbocycles. The smallest absolute Gasteiger partial charge is 0.278 e. The highest BCUT2D eigenvalue weighted by Gasteiger charge is 2.19. The Hall–Kier alpha value is -3.58. The van der Waals surface area contributed by atoms with Crippen LogP contribution in [0, 0.1) is 0 Å². The molecule has 31 heavy (non-hydrogen) atoms. The summed E-state index contributed by atoms with van der Waals surface area (Å²) < 4.78 is 6.78. The summed E-state index contributed by atoms with van der Waals surface area (Å²) in [6.07, 6.45) is 3.29. The monoisotopic (exact) mass is 455 g/mol. The van der Waals surface area contributed by atoms with E-state index in [9.17, 15) is 4.79 Å². The molecule has 4 rings (SSSR count). The van der Waals surface area contributed by atoms with Crippen LogP contribution in [-0.2, 0) is 7.05 Å². The van der Waals surface area contributed by atoms with Gasteiger partial charge in [0.2, 0.25) is 11.1 Å². The SMILES string of the molecule is COc1ccc(Sc2ncc(Sc3n[nH]c(N)n3)nc2C(=O)Nc2ccn(C)n2)cc1. The van der Waals surface area contributed by atoms with Crippen LogP contribution >= 0.6 is 23.5 Å². The summed E-state index contributed by atoms with van der Waals surface area (Å²) >= 11 is 2.45. The molecule has 0 aliphatic heterocycles. The molecule has 0 bridgehead atoms. The van der Waals surface area contributed by atoms with Gasteiger partial charge in [-0.1, -0.05) is 11.8 Å². The van der Waals surface area contributed by atoms with E-state index in [0.29, 0.717) is 21.0 Å². The minimum Gasteiger partial charge on any atom is -0.497 e. The van der Waals surface area contributed by atoms with E-state index in [0.717, 1.165) is 22.4 Å². The molecule has 3 heterocycles. The number of nitrogens with zero attached hydrogens (tertiary/aromatic N) is 6. The van der Waals surface area contributed by atoms with E-state index in [1.54, 1.807) is 37.3 Å². The van der Waals surface area contributed by atoms with Crippen molar-refractivity contribution in [2.75, 3.05) is 18.2 Å². The summed E-state index contributed by atoms with van der Waals surface area (Å²) in [5.41, 5.74) is 5.72. The lowest BCUT2D eigenvalue weighted by Crippen LogP contribution is -2.16. The molecule has 0 spiro atoms. The molecule has 0 unspecified atom stereocenters. The van der Waals surface area contributed by atoms with Crippen molar-refractivity contribution in [1.29, 1.82) is 0 Å². The van der Waals surface area contributed by atoms with Crippen LogP contribution in [0.4, 0.5) is 11.8 Å². The maximum atomic E-state index is 13.0. The molecule has 0 radical (unpaired) electrons. The summed E-state index contributed by atoms with van der Waals surface area (Å²) in [5.74, 6) is 0.907. The molecule has 0 saturated carbocycles. The number of amides is 1. The fourth-order valence-corrected chi connectivity index (χ4v) is 3.94. The summed E-state index contributed by atoms with van der Waals surface area (Å²) in [6.45, 7) is 0. The number of hydrogen-bond acceptors (Lipinski definition) is 10. The van der Waals surface area contributed by atoms with E-state index in [4.69, 9.17) is 10.5 Å². The highest BCUT2D eigenvalue weighted by molar-refractivity contribution is 7.99. The first-order valence-corrected chi connectivity index (χ1v) is 10.5. The fraction of sp³-hybridized carbons (Fsp3) is 0.111. The van der Waals surface area contributed by atoms with Gasteiger partial charge in [0.25, 0.3) is 5.91 Å². The lowest BCUT2D eigenvalue weighted by molar-refractivity contribution is 0.101. The number of ether oxygens (including phenoxy) is 1. The van der Waals surface area contributed by atoms with Crippen LogP contribution < -0.4 is 15.8 Å². The zero-order valence-electron chi connectivity index (χ0n) is 16.4. The number of methoxy groups -OCH3 is 1. The van der Waals surface area contributed by atoms with E-state index >= 15 is 0 Å². The molecular weight excluding hydrogens is 438 g/mol. The van der Waals surface area contributed by atoms with Crippen LogP contribution in [0.1, 0.15) is 10.5 Å². The van der Waals surface area contributed by atoms with E-state index in [-0.39, 0.29) is 11.6 Å². The minimum absolute atomic E-state index is 0.153. The quantitative estimate of drug-likeness (QED) is 0.379. The molecular formula is C18H17N9O2S2. The molecule has 1 amide bonds. The second-order valence-electron chi connectivity index (χ2n) is 6.07. The lowest BCUT2D eigenvalue weighted by atomic mass is 10.3. The van der Waals surface area contributed by atoms with Gasteiger partial charge in [-0.2, -0.15) is 10.1 Å². The van der Waals surface area contributed by atoms with Gasteiger partial charge in [0.1, 0.15) is 15.8 Å². The molecule has 13 heteroatoms. The van der Waals surface area contributed by atoms with Crippen molar-refractivity contribution in [1.82, 2.24) is 34.9 Å². The molecule has 11 nitrogen and oxygen atoms in total. The Kier molecular flexibility index (Phi) is 6.04. The second-order valence-corrected chi connectivity index (χ2v) is 8.12. The molecule has 1 aromatic carbocycles. The van der Waals surface area contributed by atoms with Crippen molar-refractivity contribution < 1.29 is 9.53 Å². The number of aromatic nitrogens is 7. The number of nitrogen functional groups attached to an aromatic ring is 1. The summed E-state index contributed by atoms with van der Waals surface area (Å²) in [5, 5.41) is 14.7. The Bertz CT molecular complexity index is 1210. The standard InChI is InChI=1S/C18H17N9O2S2/c1-27-8-7-12(26-27)21-15(28)14-16(30-11-5-3-10(29-2)4-6-11)20-9-13(22-14)31-18-23-17(19)24-25-18/h3-9H,1-2H3,(H,21,26,28)(H3,19,23,24,25). The third kappa shape index (κ3) is 5.13. The van der Waals surface area contributed by atoms with Crippen molar-refractivity contribution in [3.05, 3.63) is 48.4 Å². The molecule has 4 N–H and O–H groups in total. The number of carbonyl (C=O) groups is 1. The van der Waals surface area contributed by atoms with Crippen molar-refractivity contribution >= 4 is 41.2 Å². The van der Waals surface area contributed by atoms with Gasteiger partial charge in [-0.15, -0.1) is 5.10 Å². The van der Waals surface area contributed by atoms with Crippen LogP contribution in [0.2, 0.25) is 0 Å². The van der Waals surface area contributed by atoms with Gasteiger partial charge in [0.15, 0.2) is 11.5 Å². The van der Waals surface area contributed by atoms with Gasteiger partial charge in [-0.3, -0.25) is 9.48 Å². The van der Waals surface area contributed by atoms with Crippen LogP contribution in [-0.4, -0.2) is 47.9 Å². The first kappa shape index (κ1) is 20.7. The first-order chi connectivity index (χ1) is 15.0.